The lowest BCUT2D eigenvalue weighted by atomic mass is 10.1. The van der Waals surface area contributed by atoms with Crippen LogP contribution in [0.3, 0.4) is 0 Å². The van der Waals surface area contributed by atoms with Crippen LogP contribution in [-0.4, -0.2) is 39.2 Å². The van der Waals surface area contributed by atoms with E-state index >= 15 is 0 Å². The molecule has 2 amide bonds. The first kappa shape index (κ1) is 19.8. The normalized spacial score (nSPS) is 13.2. The fraction of sp³-hybridized carbons (Fsp3) is 0.300. The molecule has 8 heteroatoms. The van der Waals surface area contributed by atoms with E-state index in [1.54, 1.807) is 29.7 Å². The van der Waals surface area contributed by atoms with E-state index in [2.05, 4.69) is 10.6 Å². The van der Waals surface area contributed by atoms with Crippen LogP contribution in [0.1, 0.15) is 28.8 Å². The molecule has 1 aromatic heterocycles. The van der Waals surface area contributed by atoms with Gasteiger partial charge in [0.2, 0.25) is 11.7 Å². The summed E-state index contributed by atoms with van der Waals surface area (Å²) in [6, 6.07) is 5.45. The van der Waals surface area contributed by atoms with Crippen molar-refractivity contribution in [2.24, 2.45) is 0 Å². The van der Waals surface area contributed by atoms with E-state index in [1.165, 1.54) is 38.7 Å². The number of rotatable bonds is 8. The number of anilines is 1. The number of methoxy groups -OCH3 is 3. The molecule has 7 nitrogen and oxygen atoms in total. The second-order valence-corrected chi connectivity index (χ2v) is 7.11. The molecule has 3 rings (SSSR count). The molecule has 2 N–H and O–H groups in total. The number of ether oxygens (including phenoxy) is 3. The fourth-order valence-corrected chi connectivity index (χ4v) is 3.39. The largest absolute Gasteiger partial charge is 0.493 e. The maximum Gasteiger partial charge on any atom is 0.254 e. The van der Waals surface area contributed by atoms with E-state index in [-0.39, 0.29) is 17.9 Å². The summed E-state index contributed by atoms with van der Waals surface area (Å²) in [5.41, 5.74) is 1.19. The zero-order chi connectivity index (χ0) is 20.1. The van der Waals surface area contributed by atoms with Crippen molar-refractivity contribution in [2.45, 2.75) is 18.9 Å². The molecule has 1 aromatic carbocycles. The Labute approximate surface area is 167 Å². The van der Waals surface area contributed by atoms with Gasteiger partial charge in [-0.1, -0.05) is 0 Å². The average molecular weight is 402 g/mol. The van der Waals surface area contributed by atoms with Gasteiger partial charge in [-0.2, -0.15) is 0 Å². The second-order valence-electron chi connectivity index (χ2n) is 6.19. The fourth-order valence-electron chi connectivity index (χ4n) is 2.60. The maximum absolute atomic E-state index is 12.3. The summed E-state index contributed by atoms with van der Waals surface area (Å²) in [4.78, 5) is 24.5. The summed E-state index contributed by atoms with van der Waals surface area (Å²) in [5.74, 6) is 0.985. The molecular formula is C20H22N2O5S. The Morgan fingerprint density at radius 3 is 2.36 bits per heavy atom. The van der Waals surface area contributed by atoms with Gasteiger partial charge < -0.3 is 24.8 Å². The van der Waals surface area contributed by atoms with E-state index in [0.29, 0.717) is 33.4 Å². The molecule has 1 fully saturated rings. The van der Waals surface area contributed by atoms with Crippen LogP contribution in [0.5, 0.6) is 17.2 Å². The Hall–Kier alpha value is -3.00. The Kier molecular flexibility index (Phi) is 6.20. The molecule has 148 valence electrons. The molecule has 0 spiro atoms. The lowest BCUT2D eigenvalue weighted by molar-refractivity contribution is -0.111. The molecule has 0 atom stereocenters. The number of benzene rings is 1. The molecule has 1 aliphatic carbocycles. The van der Waals surface area contributed by atoms with Crippen molar-refractivity contribution in [3.8, 4) is 17.2 Å². The van der Waals surface area contributed by atoms with Crippen LogP contribution in [0.2, 0.25) is 0 Å². The van der Waals surface area contributed by atoms with Gasteiger partial charge >= 0.3 is 0 Å². The molecule has 0 bridgehead atoms. The molecule has 1 heterocycles. The van der Waals surface area contributed by atoms with Crippen molar-refractivity contribution in [1.29, 1.82) is 0 Å². The first-order chi connectivity index (χ1) is 13.5. The Morgan fingerprint density at radius 2 is 1.79 bits per heavy atom. The number of hydrogen-bond donors (Lipinski definition) is 2. The Balaban J connectivity index is 1.71. The lowest BCUT2D eigenvalue weighted by Gasteiger charge is -2.12. The zero-order valence-corrected chi connectivity index (χ0v) is 16.7. The highest BCUT2D eigenvalue weighted by molar-refractivity contribution is 7.14. The van der Waals surface area contributed by atoms with E-state index in [1.807, 2.05) is 0 Å². The minimum absolute atomic E-state index is 0.160. The molecular weight excluding hydrogens is 380 g/mol. The number of carbonyl (C=O) groups is 2. The maximum atomic E-state index is 12.3. The predicted octanol–water partition coefficient (Wildman–Crippen LogP) is 3.32. The number of hydrogen-bond acceptors (Lipinski definition) is 6. The van der Waals surface area contributed by atoms with Gasteiger partial charge in [-0.05, 0) is 48.1 Å². The second kappa shape index (κ2) is 8.79. The van der Waals surface area contributed by atoms with Crippen LogP contribution < -0.4 is 24.8 Å². The Bertz CT molecular complexity index is 877. The minimum Gasteiger partial charge on any atom is -0.493 e. The molecule has 0 unspecified atom stereocenters. The molecule has 0 radical (unpaired) electrons. The van der Waals surface area contributed by atoms with Crippen molar-refractivity contribution < 1.29 is 23.8 Å². The van der Waals surface area contributed by atoms with Crippen LogP contribution in [0.4, 0.5) is 5.00 Å². The topological polar surface area (TPSA) is 85.9 Å². The molecule has 2 aromatic rings. The average Bonchev–Trinajstić information content (AvgIpc) is 3.40. The third kappa shape index (κ3) is 4.64. The van der Waals surface area contributed by atoms with Crippen molar-refractivity contribution in [1.82, 2.24) is 5.32 Å². The van der Waals surface area contributed by atoms with Gasteiger partial charge in [-0.25, -0.2) is 0 Å². The number of thiophene rings is 1. The summed E-state index contributed by atoms with van der Waals surface area (Å²) < 4.78 is 15.9. The van der Waals surface area contributed by atoms with Crippen molar-refractivity contribution >= 4 is 34.2 Å². The number of amides is 2. The molecule has 0 aliphatic heterocycles. The van der Waals surface area contributed by atoms with Gasteiger partial charge in [0.15, 0.2) is 11.5 Å². The monoisotopic (exact) mass is 402 g/mol. The predicted molar refractivity (Wildman–Crippen MR) is 109 cm³/mol. The third-order valence-corrected chi connectivity index (χ3v) is 5.00. The molecule has 1 aliphatic rings. The highest BCUT2D eigenvalue weighted by Crippen LogP contribution is 2.38. The summed E-state index contributed by atoms with van der Waals surface area (Å²) in [6.07, 6.45) is 5.05. The van der Waals surface area contributed by atoms with E-state index in [0.717, 1.165) is 12.8 Å². The molecule has 0 saturated heterocycles. The van der Waals surface area contributed by atoms with Crippen LogP contribution >= 0.6 is 11.3 Å². The SMILES string of the molecule is COc1cc(/C=C/C(=O)Nc2sccc2C(=O)NC2CC2)cc(OC)c1OC. The summed E-state index contributed by atoms with van der Waals surface area (Å²) in [7, 11) is 4.59. The van der Waals surface area contributed by atoms with Crippen molar-refractivity contribution in [3.63, 3.8) is 0 Å². The van der Waals surface area contributed by atoms with Gasteiger partial charge in [-0.15, -0.1) is 11.3 Å². The first-order valence-corrected chi connectivity index (χ1v) is 9.61. The van der Waals surface area contributed by atoms with E-state index in [4.69, 9.17) is 14.2 Å². The number of nitrogens with one attached hydrogen (secondary N) is 2. The molecule has 28 heavy (non-hydrogen) atoms. The van der Waals surface area contributed by atoms with Gasteiger partial charge in [0.25, 0.3) is 5.91 Å². The summed E-state index contributed by atoms with van der Waals surface area (Å²) in [5, 5.41) is 7.99. The van der Waals surface area contributed by atoms with Gasteiger partial charge in [0, 0.05) is 12.1 Å². The highest BCUT2D eigenvalue weighted by atomic mass is 32.1. The molecule has 1 saturated carbocycles. The van der Waals surface area contributed by atoms with Crippen LogP contribution in [-0.2, 0) is 4.79 Å². The third-order valence-electron chi connectivity index (χ3n) is 4.17. The van der Waals surface area contributed by atoms with Crippen molar-refractivity contribution in [2.75, 3.05) is 26.6 Å². The summed E-state index contributed by atoms with van der Waals surface area (Å²) >= 11 is 1.31. The quantitative estimate of drug-likeness (QED) is 0.662. The minimum atomic E-state index is -0.336. The van der Waals surface area contributed by atoms with Crippen molar-refractivity contribution in [3.05, 3.63) is 40.8 Å². The standard InChI is InChI=1S/C20H22N2O5S/c1-25-15-10-12(11-16(26-2)18(15)27-3)4-7-17(23)22-20-14(8-9-28-20)19(24)21-13-5-6-13/h4,7-11,13H,5-6H2,1-3H3,(H,21,24)(H,22,23)/b7-4+. The first-order valence-electron chi connectivity index (χ1n) is 8.73. The zero-order valence-electron chi connectivity index (χ0n) is 15.9. The van der Waals surface area contributed by atoms with Crippen LogP contribution in [0.15, 0.2) is 29.7 Å². The Morgan fingerprint density at radius 1 is 1.11 bits per heavy atom. The van der Waals surface area contributed by atoms with Gasteiger partial charge in [0.1, 0.15) is 5.00 Å². The highest BCUT2D eigenvalue weighted by Gasteiger charge is 2.25. The van der Waals surface area contributed by atoms with Crippen LogP contribution in [0.25, 0.3) is 6.08 Å². The smallest absolute Gasteiger partial charge is 0.254 e. The lowest BCUT2D eigenvalue weighted by Crippen LogP contribution is -2.26. The summed E-state index contributed by atoms with van der Waals surface area (Å²) in [6.45, 7) is 0. The van der Waals surface area contributed by atoms with E-state index < -0.39 is 0 Å². The van der Waals surface area contributed by atoms with E-state index in [9.17, 15) is 9.59 Å². The van der Waals surface area contributed by atoms with Gasteiger partial charge in [-0.3, -0.25) is 9.59 Å². The van der Waals surface area contributed by atoms with Gasteiger partial charge in [0.05, 0.1) is 26.9 Å². The van der Waals surface area contributed by atoms with Crippen LogP contribution in [0, 0.1) is 0 Å². The number of carbonyl (C=O) groups excluding carboxylic acids is 2.